The lowest BCUT2D eigenvalue weighted by Gasteiger charge is -2.17. The Morgan fingerprint density at radius 2 is 1.70 bits per heavy atom. The Kier molecular flexibility index (Phi) is 9.28. The van der Waals surface area contributed by atoms with Crippen LogP contribution in [0.25, 0.3) is 0 Å². The van der Waals surface area contributed by atoms with Gasteiger partial charge in [-0.1, -0.05) is 12.1 Å². The molecule has 0 fully saturated rings. The summed E-state index contributed by atoms with van der Waals surface area (Å²) >= 11 is 0. The highest BCUT2D eigenvalue weighted by molar-refractivity contribution is 5.79. The van der Waals surface area contributed by atoms with E-state index in [1.807, 2.05) is 63.2 Å². The first kappa shape index (κ1) is 23.3. The molecule has 0 saturated heterocycles. The molecule has 30 heavy (non-hydrogen) atoms. The second-order valence-corrected chi connectivity index (χ2v) is 7.01. The average molecular weight is 416 g/mol. The van der Waals surface area contributed by atoms with Crippen LogP contribution < -0.4 is 24.8 Å². The molecule has 164 valence electrons. The van der Waals surface area contributed by atoms with Crippen molar-refractivity contribution < 1.29 is 19.3 Å². The van der Waals surface area contributed by atoms with Crippen LogP contribution in [-0.2, 0) is 6.54 Å². The lowest BCUT2D eigenvalue weighted by molar-refractivity contribution is 0.180. The summed E-state index contributed by atoms with van der Waals surface area (Å²) in [6, 6.07) is 13.1. The Bertz CT molecular complexity index is 807. The standard InChI is InChI=1S/C23H33N3O4/c1-6-24-23(25-14-18-9-12-20(28-4)13-22(18)29-5)26-15-21(27)17-7-10-19(11-8-17)30-16(2)3/h7-13,16,21,27H,6,14-15H2,1-5H3,(H2,24,25,26). The number of aliphatic imine (C=N–C) groups is 1. The Balaban J connectivity index is 1.99. The summed E-state index contributed by atoms with van der Waals surface area (Å²) in [6.45, 7) is 7.43. The second kappa shape index (κ2) is 11.9. The number of hydrogen-bond acceptors (Lipinski definition) is 5. The molecule has 3 N–H and O–H groups in total. The summed E-state index contributed by atoms with van der Waals surface area (Å²) in [6.07, 6.45) is -0.553. The molecule has 1 atom stereocenters. The van der Waals surface area contributed by atoms with E-state index in [2.05, 4.69) is 15.6 Å². The van der Waals surface area contributed by atoms with Crippen molar-refractivity contribution in [1.82, 2.24) is 10.6 Å². The highest BCUT2D eigenvalue weighted by atomic mass is 16.5. The second-order valence-electron chi connectivity index (χ2n) is 7.01. The van der Waals surface area contributed by atoms with Crippen LogP contribution in [0.2, 0.25) is 0 Å². The highest BCUT2D eigenvalue weighted by Crippen LogP contribution is 2.25. The topological polar surface area (TPSA) is 84.3 Å². The van der Waals surface area contributed by atoms with E-state index in [1.54, 1.807) is 14.2 Å². The summed E-state index contributed by atoms with van der Waals surface area (Å²) in [5, 5.41) is 16.9. The van der Waals surface area contributed by atoms with Gasteiger partial charge in [0.05, 0.1) is 33.0 Å². The fourth-order valence-corrected chi connectivity index (χ4v) is 2.84. The van der Waals surface area contributed by atoms with Crippen LogP contribution in [0.1, 0.15) is 38.0 Å². The maximum Gasteiger partial charge on any atom is 0.191 e. The van der Waals surface area contributed by atoms with Gasteiger partial charge in [-0.25, -0.2) is 4.99 Å². The molecule has 0 saturated carbocycles. The zero-order chi connectivity index (χ0) is 21.9. The van der Waals surface area contributed by atoms with Crippen molar-refractivity contribution in [2.45, 2.75) is 39.5 Å². The first-order chi connectivity index (χ1) is 14.5. The maximum atomic E-state index is 10.5. The van der Waals surface area contributed by atoms with Crippen molar-refractivity contribution in [3.05, 3.63) is 53.6 Å². The fourth-order valence-electron chi connectivity index (χ4n) is 2.84. The van der Waals surface area contributed by atoms with E-state index in [9.17, 15) is 5.11 Å². The monoisotopic (exact) mass is 415 g/mol. The quantitative estimate of drug-likeness (QED) is 0.408. The van der Waals surface area contributed by atoms with Crippen molar-refractivity contribution in [1.29, 1.82) is 0 Å². The van der Waals surface area contributed by atoms with E-state index >= 15 is 0 Å². The molecule has 7 heteroatoms. The zero-order valence-corrected chi connectivity index (χ0v) is 18.4. The van der Waals surface area contributed by atoms with Gasteiger partial charge in [-0.05, 0) is 50.6 Å². The molecule has 2 rings (SSSR count). The predicted molar refractivity (Wildman–Crippen MR) is 120 cm³/mol. The molecule has 0 spiro atoms. The van der Waals surface area contributed by atoms with Crippen LogP contribution in [0, 0.1) is 0 Å². The van der Waals surface area contributed by atoms with Crippen molar-refractivity contribution in [2.75, 3.05) is 27.3 Å². The van der Waals surface area contributed by atoms with Crippen LogP contribution in [0.4, 0.5) is 0 Å². The van der Waals surface area contributed by atoms with Gasteiger partial charge >= 0.3 is 0 Å². The molecule has 0 aliphatic rings. The van der Waals surface area contributed by atoms with Gasteiger partial charge in [0.25, 0.3) is 0 Å². The molecule has 0 amide bonds. The minimum atomic E-state index is -0.669. The number of benzene rings is 2. The van der Waals surface area contributed by atoms with Crippen LogP contribution in [0.5, 0.6) is 17.2 Å². The smallest absolute Gasteiger partial charge is 0.191 e. The van der Waals surface area contributed by atoms with E-state index in [4.69, 9.17) is 14.2 Å². The Morgan fingerprint density at radius 1 is 1.00 bits per heavy atom. The van der Waals surface area contributed by atoms with Crippen LogP contribution >= 0.6 is 0 Å². The van der Waals surface area contributed by atoms with Crippen molar-refractivity contribution in [3.8, 4) is 17.2 Å². The third kappa shape index (κ3) is 7.15. The lowest BCUT2D eigenvalue weighted by atomic mass is 10.1. The first-order valence-electron chi connectivity index (χ1n) is 10.1. The van der Waals surface area contributed by atoms with Crippen LogP contribution in [0.3, 0.4) is 0 Å². The van der Waals surface area contributed by atoms with Crippen molar-refractivity contribution in [2.24, 2.45) is 4.99 Å². The molecule has 0 radical (unpaired) electrons. The van der Waals surface area contributed by atoms with Gasteiger partial charge in [-0.2, -0.15) is 0 Å². The van der Waals surface area contributed by atoms with Crippen molar-refractivity contribution in [3.63, 3.8) is 0 Å². The van der Waals surface area contributed by atoms with E-state index in [0.29, 0.717) is 25.6 Å². The summed E-state index contributed by atoms with van der Waals surface area (Å²) in [5.74, 6) is 2.86. The normalized spacial score (nSPS) is 12.4. The van der Waals surface area contributed by atoms with Crippen LogP contribution in [0.15, 0.2) is 47.5 Å². The van der Waals surface area contributed by atoms with E-state index < -0.39 is 6.10 Å². The molecule has 7 nitrogen and oxygen atoms in total. The summed E-state index contributed by atoms with van der Waals surface area (Å²) in [7, 11) is 3.25. The van der Waals surface area contributed by atoms with Gasteiger partial charge < -0.3 is 30.0 Å². The molecular formula is C23H33N3O4. The fraction of sp³-hybridized carbons (Fsp3) is 0.435. The SMILES string of the molecule is CCNC(=NCc1ccc(OC)cc1OC)NCC(O)c1ccc(OC(C)C)cc1. The van der Waals surface area contributed by atoms with Gasteiger partial charge in [0, 0.05) is 24.7 Å². The zero-order valence-electron chi connectivity index (χ0n) is 18.4. The Morgan fingerprint density at radius 3 is 2.30 bits per heavy atom. The Labute approximate surface area is 179 Å². The van der Waals surface area contributed by atoms with Crippen LogP contribution in [-0.4, -0.2) is 44.5 Å². The summed E-state index contributed by atoms with van der Waals surface area (Å²) in [5.41, 5.74) is 1.75. The number of aliphatic hydroxyl groups is 1. The number of ether oxygens (including phenoxy) is 3. The number of aliphatic hydroxyl groups excluding tert-OH is 1. The van der Waals surface area contributed by atoms with E-state index in [0.717, 1.165) is 28.4 Å². The first-order valence-corrected chi connectivity index (χ1v) is 10.1. The van der Waals surface area contributed by atoms with Gasteiger partial charge in [0.2, 0.25) is 0 Å². The molecule has 0 aliphatic heterocycles. The van der Waals surface area contributed by atoms with Gasteiger partial charge in [-0.15, -0.1) is 0 Å². The largest absolute Gasteiger partial charge is 0.497 e. The number of methoxy groups -OCH3 is 2. The Hall–Kier alpha value is -2.93. The number of nitrogens with zero attached hydrogens (tertiary/aromatic N) is 1. The molecular weight excluding hydrogens is 382 g/mol. The molecule has 0 aromatic heterocycles. The third-order valence-electron chi connectivity index (χ3n) is 4.35. The number of guanidine groups is 1. The van der Waals surface area contributed by atoms with E-state index in [-0.39, 0.29) is 6.10 Å². The molecule has 0 bridgehead atoms. The van der Waals surface area contributed by atoms with Gasteiger partial charge in [0.15, 0.2) is 5.96 Å². The average Bonchev–Trinajstić information content (AvgIpc) is 2.75. The summed E-state index contributed by atoms with van der Waals surface area (Å²) in [4.78, 5) is 4.60. The van der Waals surface area contributed by atoms with Gasteiger partial charge in [0.1, 0.15) is 17.2 Å². The number of hydrogen-bond donors (Lipinski definition) is 3. The predicted octanol–water partition coefficient (Wildman–Crippen LogP) is 3.28. The minimum absolute atomic E-state index is 0.116. The summed E-state index contributed by atoms with van der Waals surface area (Å²) < 4.78 is 16.3. The molecule has 1 unspecified atom stereocenters. The number of nitrogens with one attached hydrogen (secondary N) is 2. The molecule has 0 heterocycles. The maximum absolute atomic E-state index is 10.5. The van der Waals surface area contributed by atoms with Crippen molar-refractivity contribution >= 4 is 5.96 Å². The highest BCUT2D eigenvalue weighted by Gasteiger charge is 2.10. The molecule has 2 aromatic carbocycles. The minimum Gasteiger partial charge on any atom is -0.497 e. The molecule has 0 aliphatic carbocycles. The number of rotatable bonds is 10. The lowest BCUT2D eigenvalue weighted by Crippen LogP contribution is -2.39. The molecule has 2 aromatic rings. The van der Waals surface area contributed by atoms with Gasteiger partial charge in [-0.3, -0.25) is 0 Å². The third-order valence-corrected chi connectivity index (χ3v) is 4.35. The van der Waals surface area contributed by atoms with E-state index in [1.165, 1.54) is 0 Å².